The van der Waals surface area contributed by atoms with Crippen LogP contribution in [0.3, 0.4) is 0 Å². The molecular formula is C11H19NO3. The normalized spacial score (nSPS) is 37.9. The summed E-state index contributed by atoms with van der Waals surface area (Å²) in [6, 6.07) is 0.426. The number of hydrogen-bond donors (Lipinski definition) is 3. The van der Waals surface area contributed by atoms with Gasteiger partial charge in [-0.05, 0) is 38.0 Å². The second kappa shape index (κ2) is 3.76. The smallest absolute Gasteiger partial charge is 0.336 e. The molecule has 0 amide bonds. The molecule has 0 aromatic carbocycles. The van der Waals surface area contributed by atoms with Gasteiger partial charge in [0.15, 0.2) is 5.60 Å². The van der Waals surface area contributed by atoms with E-state index >= 15 is 0 Å². The van der Waals surface area contributed by atoms with Crippen LogP contribution < -0.4 is 5.32 Å². The first kappa shape index (κ1) is 10.9. The van der Waals surface area contributed by atoms with Gasteiger partial charge in [0.2, 0.25) is 0 Å². The second-order valence-corrected chi connectivity index (χ2v) is 5.24. The van der Waals surface area contributed by atoms with E-state index in [9.17, 15) is 9.90 Å². The van der Waals surface area contributed by atoms with Gasteiger partial charge in [-0.25, -0.2) is 4.79 Å². The lowest BCUT2D eigenvalue weighted by molar-refractivity contribution is -0.156. The van der Waals surface area contributed by atoms with Crippen LogP contribution in [0, 0.1) is 11.8 Å². The molecule has 2 saturated carbocycles. The molecular weight excluding hydrogens is 194 g/mol. The van der Waals surface area contributed by atoms with Gasteiger partial charge in [0, 0.05) is 12.6 Å². The molecule has 0 radical (unpaired) electrons. The Bertz CT molecular complexity index is 265. The van der Waals surface area contributed by atoms with Crippen LogP contribution in [0.15, 0.2) is 0 Å². The van der Waals surface area contributed by atoms with E-state index in [1.54, 1.807) is 0 Å². The zero-order valence-corrected chi connectivity index (χ0v) is 9.07. The summed E-state index contributed by atoms with van der Waals surface area (Å²) in [5, 5.41) is 21.5. The number of hydrogen-bond acceptors (Lipinski definition) is 3. The van der Waals surface area contributed by atoms with Gasteiger partial charge in [0.25, 0.3) is 0 Å². The topological polar surface area (TPSA) is 69.6 Å². The van der Waals surface area contributed by atoms with Crippen molar-refractivity contribution in [3.63, 3.8) is 0 Å². The zero-order valence-electron chi connectivity index (χ0n) is 9.07. The van der Waals surface area contributed by atoms with Gasteiger partial charge in [-0.15, -0.1) is 0 Å². The lowest BCUT2D eigenvalue weighted by atomic mass is 9.94. The van der Waals surface area contributed by atoms with Crippen molar-refractivity contribution in [1.82, 2.24) is 5.32 Å². The number of carboxylic acids is 1. The zero-order chi connectivity index (χ0) is 11.1. The van der Waals surface area contributed by atoms with E-state index in [0.717, 1.165) is 12.3 Å². The highest BCUT2D eigenvalue weighted by Gasteiger charge is 2.40. The minimum absolute atomic E-state index is 0.149. The molecule has 0 aromatic rings. The molecule has 4 atom stereocenters. The van der Waals surface area contributed by atoms with Crippen molar-refractivity contribution in [2.45, 2.75) is 44.2 Å². The number of fused-ring (bicyclic) bond motifs is 2. The summed E-state index contributed by atoms with van der Waals surface area (Å²) in [6.07, 6.45) is 5.03. The number of nitrogens with one attached hydrogen (secondary N) is 1. The Kier molecular flexibility index (Phi) is 2.73. The third kappa shape index (κ3) is 2.16. The molecule has 3 N–H and O–H groups in total. The highest BCUT2D eigenvalue weighted by Crippen LogP contribution is 2.44. The Hall–Kier alpha value is -0.610. The summed E-state index contributed by atoms with van der Waals surface area (Å²) in [7, 11) is 0. The van der Waals surface area contributed by atoms with Gasteiger partial charge < -0.3 is 15.5 Å². The van der Waals surface area contributed by atoms with Gasteiger partial charge in [-0.3, -0.25) is 0 Å². The monoisotopic (exact) mass is 213 g/mol. The molecule has 2 bridgehead atoms. The van der Waals surface area contributed by atoms with Crippen LogP contribution in [0.4, 0.5) is 0 Å². The first-order valence-corrected chi connectivity index (χ1v) is 5.68. The summed E-state index contributed by atoms with van der Waals surface area (Å²) < 4.78 is 0. The highest BCUT2D eigenvalue weighted by molar-refractivity contribution is 5.76. The predicted molar refractivity (Wildman–Crippen MR) is 55.5 cm³/mol. The van der Waals surface area contributed by atoms with Crippen LogP contribution in [0.25, 0.3) is 0 Å². The molecule has 2 aliphatic carbocycles. The van der Waals surface area contributed by atoms with Crippen molar-refractivity contribution in [3.8, 4) is 0 Å². The van der Waals surface area contributed by atoms with Crippen molar-refractivity contribution in [1.29, 1.82) is 0 Å². The molecule has 0 spiro atoms. The first-order valence-electron chi connectivity index (χ1n) is 5.68. The van der Waals surface area contributed by atoms with Crippen LogP contribution in [0.5, 0.6) is 0 Å². The number of aliphatic hydroxyl groups is 1. The molecule has 2 fully saturated rings. The average molecular weight is 213 g/mol. The summed E-state index contributed by atoms with van der Waals surface area (Å²) in [6.45, 7) is 1.49. The maximum Gasteiger partial charge on any atom is 0.336 e. The Morgan fingerprint density at radius 1 is 1.47 bits per heavy atom. The standard InChI is InChI=1S/C11H19NO3/c1-11(15,10(13)14)6-12-9-5-7-2-3-8(9)4-7/h7-9,12,15H,2-6H2,1H3,(H,13,14). The molecule has 4 nitrogen and oxygen atoms in total. The number of aliphatic carboxylic acids is 1. The highest BCUT2D eigenvalue weighted by atomic mass is 16.4. The van der Waals surface area contributed by atoms with Crippen LogP contribution in [0.2, 0.25) is 0 Å². The number of carbonyl (C=O) groups is 1. The van der Waals surface area contributed by atoms with Crippen molar-refractivity contribution in [2.75, 3.05) is 6.54 Å². The van der Waals surface area contributed by atoms with Gasteiger partial charge in [-0.1, -0.05) is 6.42 Å². The van der Waals surface area contributed by atoms with Gasteiger partial charge in [0.1, 0.15) is 0 Å². The third-order valence-corrected chi connectivity index (χ3v) is 3.91. The maximum atomic E-state index is 10.7. The summed E-state index contributed by atoms with van der Waals surface area (Å²) in [4.78, 5) is 10.7. The molecule has 4 heteroatoms. The van der Waals surface area contributed by atoms with E-state index in [2.05, 4.69) is 5.32 Å². The second-order valence-electron chi connectivity index (χ2n) is 5.24. The Balaban J connectivity index is 1.81. The van der Waals surface area contributed by atoms with E-state index in [0.29, 0.717) is 12.0 Å². The largest absolute Gasteiger partial charge is 0.479 e. The minimum atomic E-state index is -1.64. The summed E-state index contributed by atoms with van der Waals surface area (Å²) in [5.41, 5.74) is -1.64. The summed E-state index contributed by atoms with van der Waals surface area (Å²) >= 11 is 0. The van der Waals surface area contributed by atoms with Crippen LogP contribution in [-0.2, 0) is 4.79 Å². The molecule has 0 aliphatic heterocycles. The number of carboxylic acid groups (broad SMARTS) is 1. The van der Waals surface area contributed by atoms with Crippen LogP contribution in [-0.4, -0.2) is 34.4 Å². The van der Waals surface area contributed by atoms with Gasteiger partial charge in [0.05, 0.1) is 0 Å². The van der Waals surface area contributed by atoms with Gasteiger partial charge in [-0.2, -0.15) is 0 Å². The lowest BCUT2D eigenvalue weighted by Crippen LogP contribution is -2.48. The Morgan fingerprint density at radius 2 is 2.20 bits per heavy atom. The van der Waals surface area contributed by atoms with Crippen LogP contribution in [0.1, 0.15) is 32.6 Å². The fourth-order valence-electron chi connectivity index (χ4n) is 2.90. The van der Waals surface area contributed by atoms with E-state index in [4.69, 9.17) is 5.11 Å². The molecule has 0 saturated heterocycles. The van der Waals surface area contributed by atoms with E-state index in [1.165, 1.54) is 26.2 Å². The summed E-state index contributed by atoms with van der Waals surface area (Å²) in [5.74, 6) is 0.389. The van der Waals surface area contributed by atoms with Crippen LogP contribution >= 0.6 is 0 Å². The molecule has 0 aromatic heterocycles. The van der Waals surface area contributed by atoms with Crippen molar-refractivity contribution in [2.24, 2.45) is 11.8 Å². The Labute approximate surface area is 89.7 Å². The Morgan fingerprint density at radius 3 is 2.67 bits per heavy atom. The lowest BCUT2D eigenvalue weighted by Gasteiger charge is -2.26. The average Bonchev–Trinajstić information content (AvgIpc) is 2.75. The minimum Gasteiger partial charge on any atom is -0.479 e. The van der Waals surface area contributed by atoms with Crippen molar-refractivity contribution >= 4 is 5.97 Å². The third-order valence-electron chi connectivity index (χ3n) is 3.91. The van der Waals surface area contributed by atoms with E-state index in [1.807, 2.05) is 0 Å². The molecule has 86 valence electrons. The quantitative estimate of drug-likeness (QED) is 0.639. The SMILES string of the molecule is CC(O)(CNC1CC2CCC1C2)C(=O)O. The molecule has 2 aliphatic rings. The molecule has 2 rings (SSSR count). The van der Waals surface area contributed by atoms with E-state index in [-0.39, 0.29) is 6.54 Å². The fourth-order valence-corrected chi connectivity index (χ4v) is 2.90. The molecule has 0 heterocycles. The van der Waals surface area contributed by atoms with Crippen molar-refractivity contribution < 1.29 is 15.0 Å². The molecule has 15 heavy (non-hydrogen) atoms. The van der Waals surface area contributed by atoms with E-state index < -0.39 is 11.6 Å². The predicted octanol–water partition coefficient (Wildman–Crippen LogP) is 0.600. The molecule has 4 unspecified atom stereocenters. The van der Waals surface area contributed by atoms with Crippen molar-refractivity contribution in [3.05, 3.63) is 0 Å². The number of rotatable bonds is 4. The first-order chi connectivity index (χ1) is 6.99. The maximum absolute atomic E-state index is 10.7. The van der Waals surface area contributed by atoms with Gasteiger partial charge >= 0.3 is 5.97 Å². The fraction of sp³-hybridized carbons (Fsp3) is 0.909.